The molecule has 4 fully saturated rings. The van der Waals surface area contributed by atoms with Gasteiger partial charge in [0.25, 0.3) is 0 Å². The molecule has 5 heteroatoms. The van der Waals surface area contributed by atoms with E-state index in [1.54, 1.807) is 0 Å². The first kappa shape index (κ1) is 17.0. The van der Waals surface area contributed by atoms with Crippen LogP contribution in [0.25, 0.3) is 0 Å². The van der Waals surface area contributed by atoms with E-state index in [1.807, 2.05) is 0 Å². The molecule has 2 atom stereocenters. The van der Waals surface area contributed by atoms with Gasteiger partial charge in [-0.3, -0.25) is 4.90 Å². The van der Waals surface area contributed by atoms with Gasteiger partial charge in [-0.2, -0.15) is 0 Å². The molecule has 1 N–H and O–H groups in total. The maximum Gasteiger partial charge on any atom is 0.124 e. The quantitative estimate of drug-likeness (QED) is 0.894. The van der Waals surface area contributed by atoms with Crippen molar-refractivity contribution < 1.29 is 14.2 Å². The zero-order valence-electron chi connectivity index (χ0n) is 15.5. The van der Waals surface area contributed by atoms with Crippen molar-refractivity contribution in [1.82, 2.24) is 10.2 Å². The van der Waals surface area contributed by atoms with Crippen LogP contribution >= 0.6 is 0 Å². The Labute approximate surface area is 156 Å². The SMILES string of the molecule is c1ccc(C2CCN([C@@H]3COC4(CNC4)C3)CC2)c(O[C@H]2CCOC2)c1. The van der Waals surface area contributed by atoms with Gasteiger partial charge in [0.15, 0.2) is 0 Å². The first-order chi connectivity index (χ1) is 12.8. The van der Waals surface area contributed by atoms with Gasteiger partial charge in [-0.1, -0.05) is 18.2 Å². The predicted molar refractivity (Wildman–Crippen MR) is 99.8 cm³/mol. The molecule has 0 saturated carbocycles. The van der Waals surface area contributed by atoms with Crippen molar-refractivity contribution >= 4 is 0 Å². The third-order valence-corrected chi connectivity index (χ3v) is 6.67. The fourth-order valence-corrected chi connectivity index (χ4v) is 4.99. The number of likely N-dealkylation sites (tertiary alicyclic amines) is 1. The molecule has 0 amide bonds. The molecule has 0 aliphatic carbocycles. The van der Waals surface area contributed by atoms with Gasteiger partial charge < -0.3 is 19.5 Å². The lowest BCUT2D eigenvalue weighted by Gasteiger charge is -2.40. The van der Waals surface area contributed by atoms with Gasteiger partial charge >= 0.3 is 0 Å². The van der Waals surface area contributed by atoms with E-state index in [0.717, 1.165) is 45.1 Å². The molecule has 4 heterocycles. The Morgan fingerprint density at radius 2 is 1.92 bits per heavy atom. The highest BCUT2D eigenvalue weighted by molar-refractivity contribution is 5.37. The van der Waals surface area contributed by atoms with Crippen LogP contribution in [0.15, 0.2) is 24.3 Å². The van der Waals surface area contributed by atoms with Gasteiger partial charge in [-0.05, 0) is 49.9 Å². The van der Waals surface area contributed by atoms with Gasteiger partial charge in [0.05, 0.1) is 25.4 Å². The van der Waals surface area contributed by atoms with Crippen LogP contribution in [0.3, 0.4) is 0 Å². The Morgan fingerprint density at radius 1 is 1.08 bits per heavy atom. The summed E-state index contributed by atoms with van der Waals surface area (Å²) >= 11 is 0. The fraction of sp³-hybridized carbons (Fsp3) is 0.714. The van der Waals surface area contributed by atoms with Crippen LogP contribution in [-0.2, 0) is 9.47 Å². The average Bonchev–Trinajstić information content (AvgIpc) is 3.32. The Kier molecular flexibility index (Phi) is 4.65. The molecule has 5 rings (SSSR count). The van der Waals surface area contributed by atoms with Crippen molar-refractivity contribution in [3.05, 3.63) is 29.8 Å². The fourth-order valence-electron chi connectivity index (χ4n) is 4.99. The first-order valence-corrected chi connectivity index (χ1v) is 10.2. The van der Waals surface area contributed by atoms with Crippen LogP contribution in [-0.4, -0.2) is 68.6 Å². The topological polar surface area (TPSA) is 43.0 Å². The van der Waals surface area contributed by atoms with Gasteiger partial charge in [0.2, 0.25) is 0 Å². The smallest absolute Gasteiger partial charge is 0.124 e. The number of hydrogen-bond donors (Lipinski definition) is 1. The van der Waals surface area contributed by atoms with Crippen LogP contribution < -0.4 is 10.1 Å². The van der Waals surface area contributed by atoms with E-state index in [9.17, 15) is 0 Å². The Bertz CT molecular complexity index is 619. The minimum atomic E-state index is 0.158. The molecule has 4 aliphatic rings. The molecule has 0 radical (unpaired) electrons. The summed E-state index contributed by atoms with van der Waals surface area (Å²) < 4.78 is 17.8. The molecule has 1 spiro atoms. The molecule has 142 valence electrons. The summed E-state index contributed by atoms with van der Waals surface area (Å²) in [7, 11) is 0. The van der Waals surface area contributed by atoms with E-state index in [2.05, 4.69) is 34.5 Å². The van der Waals surface area contributed by atoms with E-state index in [1.165, 1.54) is 37.9 Å². The monoisotopic (exact) mass is 358 g/mol. The zero-order chi connectivity index (χ0) is 17.4. The van der Waals surface area contributed by atoms with E-state index in [-0.39, 0.29) is 11.7 Å². The van der Waals surface area contributed by atoms with E-state index >= 15 is 0 Å². The van der Waals surface area contributed by atoms with Crippen LogP contribution in [0, 0.1) is 0 Å². The van der Waals surface area contributed by atoms with Gasteiger partial charge in [-0.15, -0.1) is 0 Å². The largest absolute Gasteiger partial charge is 0.488 e. The minimum absolute atomic E-state index is 0.158. The first-order valence-electron chi connectivity index (χ1n) is 10.2. The lowest BCUT2D eigenvalue weighted by molar-refractivity contribution is -0.0367. The summed E-state index contributed by atoms with van der Waals surface area (Å²) in [4.78, 5) is 2.66. The van der Waals surface area contributed by atoms with Crippen LogP contribution in [0.5, 0.6) is 5.75 Å². The van der Waals surface area contributed by atoms with Gasteiger partial charge in [-0.25, -0.2) is 0 Å². The number of ether oxygens (including phenoxy) is 3. The molecule has 5 nitrogen and oxygen atoms in total. The third kappa shape index (κ3) is 3.26. The molecular formula is C21H30N2O3. The highest BCUT2D eigenvalue weighted by atomic mass is 16.5. The Balaban J connectivity index is 1.20. The van der Waals surface area contributed by atoms with Gasteiger partial charge in [0, 0.05) is 25.6 Å². The maximum absolute atomic E-state index is 6.27. The second-order valence-corrected chi connectivity index (χ2v) is 8.41. The molecule has 1 aromatic carbocycles. The van der Waals surface area contributed by atoms with E-state index < -0.39 is 0 Å². The number of para-hydroxylation sites is 1. The Hall–Kier alpha value is -1.14. The molecule has 4 saturated heterocycles. The number of nitrogens with zero attached hydrogens (tertiary/aromatic N) is 1. The number of hydrogen-bond acceptors (Lipinski definition) is 5. The number of rotatable bonds is 4. The van der Waals surface area contributed by atoms with Crippen molar-refractivity contribution in [2.75, 3.05) is 46.0 Å². The molecule has 0 aromatic heterocycles. The highest BCUT2D eigenvalue weighted by Crippen LogP contribution is 2.38. The average molecular weight is 358 g/mol. The van der Waals surface area contributed by atoms with E-state index in [0.29, 0.717) is 12.0 Å². The predicted octanol–water partition coefficient (Wildman–Crippen LogP) is 2.16. The molecule has 1 aromatic rings. The van der Waals surface area contributed by atoms with Crippen molar-refractivity contribution in [1.29, 1.82) is 0 Å². The van der Waals surface area contributed by atoms with E-state index in [4.69, 9.17) is 14.2 Å². The summed E-state index contributed by atoms with van der Waals surface area (Å²) in [6.07, 6.45) is 4.85. The lowest BCUT2D eigenvalue weighted by Crippen LogP contribution is -2.59. The summed E-state index contributed by atoms with van der Waals surface area (Å²) in [6.45, 7) is 6.88. The van der Waals surface area contributed by atoms with Crippen molar-refractivity contribution in [2.24, 2.45) is 0 Å². The molecule has 0 bridgehead atoms. The molecular weight excluding hydrogens is 328 g/mol. The Morgan fingerprint density at radius 3 is 2.62 bits per heavy atom. The summed E-state index contributed by atoms with van der Waals surface area (Å²) in [5.74, 6) is 1.68. The molecule has 4 aliphatic heterocycles. The maximum atomic E-state index is 6.27. The van der Waals surface area contributed by atoms with Crippen molar-refractivity contribution in [2.45, 2.75) is 49.3 Å². The molecule has 0 unspecified atom stereocenters. The second-order valence-electron chi connectivity index (χ2n) is 8.41. The minimum Gasteiger partial charge on any atom is -0.488 e. The normalized spacial score (nSPS) is 32.0. The lowest BCUT2D eigenvalue weighted by atomic mass is 9.86. The summed E-state index contributed by atoms with van der Waals surface area (Å²) in [5.41, 5.74) is 1.55. The van der Waals surface area contributed by atoms with Crippen molar-refractivity contribution in [3.8, 4) is 5.75 Å². The number of piperidine rings is 1. The molecule has 26 heavy (non-hydrogen) atoms. The summed E-state index contributed by atoms with van der Waals surface area (Å²) in [5, 5.41) is 3.37. The van der Waals surface area contributed by atoms with Crippen LogP contribution in [0.1, 0.15) is 37.2 Å². The summed E-state index contributed by atoms with van der Waals surface area (Å²) in [6, 6.07) is 9.25. The number of benzene rings is 1. The standard InChI is InChI=1S/C21H30N2O3/c1-2-4-20(26-18-7-10-24-13-18)19(3-1)16-5-8-23(9-6-16)17-11-21(25-12-17)14-22-15-21/h1-4,16-18,22H,5-15H2/t17-,18-/m0/s1. The van der Waals surface area contributed by atoms with Gasteiger partial charge in [0.1, 0.15) is 11.9 Å². The number of nitrogens with one attached hydrogen (secondary N) is 1. The third-order valence-electron chi connectivity index (χ3n) is 6.67. The van der Waals surface area contributed by atoms with Crippen LogP contribution in [0.4, 0.5) is 0 Å². The highest BCUT2D eigenvalue weighted by Gasteiger charge is 2.47. The second kappa shape index (κ2) is 7.12. The van der Waals surface area contributed by atoms with Crippen LogP contribution in [0.2, 0.25) is 0 Å². The zero-order valence-corrected chi connectivity index (χ0v) is 15.5. The van der Waals surface area contributed by atoms with Crippen molar-refractivity contribution in [3.63, 3.8) is 0 Å².